The molecular formula is C40H28N4O. The highest BCUT2D eigenvalue weighted by atomic mass is 16.5. The molecule has 3 unspecified atom stereocenters. The third-order valence-corrected chi connectivity index (χ3v) is 8.87. The highest BCUT2D eigenvalue weighted by molar-refractivity contribution is 6.14. The lowest BCUT2D eigenvalue weighted by Gasteiger charge is -2.25. The van der Waals surface area contributed by atoms with Crippen LogP contribution >= 0.6 is 0 Å². The van der Waals surface area contributed by atoms with E-state index in [1.54, 1.807) is 0 Å². The van der Waals surface area contributed by atoms with Gasteiger partial charge in [-0.05, 0) is 63.0 Å². The Labute approximate surface area is 260 Å². The summed E-state index contributed by atoms with van der Waals surface area (Å²) < 4.78 is 6.73. The summed E-state index contributed by atoms with van der Waals surface area (Å²) in [5.74, 6) is 2.38. The fourth-order valence-corrected chi connectivity index (χ4v) is 6.67. The van der Waals surface area contributed by atoms with Gasteiger partial charge in [0.2, 0.25) is 0 Å². The molecule has 0 bridgehead atoms. The first kappa shape index (κ1) is 25.7. The van der Waals surface area contributed by atoms with Crippen LogP contribution in [-0.4, -0.2) is 22.8 Å². The average Bonchev–Trinajstić information content (AvgIpc) is 3.47. The van der Waals surface area contributed by atoms with Gasteiger partial charge in [0.1, 0.15) is 23.9 Å². The molecule has 0 saturated heterocycles. The largest absolute Gasteiger partial charge is 0.485 e. The number of fused-ring (bicyclic) bond motifs is 5. The van der Waals surface area contributed by atoms with Crippen LogP contribution in [0.5, 0.6) is 5.75 Å². The van der Waals surface area contributed by atoms with Crippen molar-refractivity contribution in [3.05, 3.63) is 166 Å². The van der Waals surface area contributed by atoms with Crippen LogP contribution in [0, 0.1) is 0 Å². The highest BCUT2D eigenvalue weighted by Gasteiger charge is 2.37. The summed E-state index contributed by atoms with van der Waals surface area (Å²) in [7, 11) is 0. The van der Waals surface area contributed by atoms with E-state index >= 15 is 0 Å². The normalized spacial score (nSPS) is 19.4. The van der Waals surface area contributed by atoms with Gasteiger partial charge < -0.3 is 10.1 Å². The quantitative estimate of drug-likeness (QED) is 0.258. The molecule has 5 aromatic carbocycles. The number of ether oxygens (including phenoxy) is 1. The molecule has 1 N–H and O–H groups in total. The molecule has 0 saturated carbocycles. The summed E-state index contributed by atoms with van der Waals surface area (Å²) in [6.45, 7) is 0. The maximum atomic E-state index is 6.73. The minimum Gasteiger partial charge on any atom is -0.485 e. The average molecular weight is 581 g/mol. The maximum Gasteiger partial charge on any atom is 0.159 e. The third kappa shape index (κ3) is 4.52. The van der Waals surface area contributed by atoms with Crippen molar-refractivity contribution >= 4 is 34.6 Å². The van der Waals surface area contributed by atoms with E-state index in [4.69, 9.17) is 14.7 Å². The van der Waals surface area contributed by atoms with Gasteiger partial charge in [-0.15, -0.1) is 0 Å². The number of nitrogens with zero attached hydrogens (tertiary/aromatic N) is 3. The molecule has 5 nitrogen and oxygen atoms in total. The molecule has 45 heavy (non-hydrogen) atoms. The van der Waals surface area contributed by atoms with Crippen LogP contribution in [0.25, 0.3) is 34.1 Å². The van der Waals surface area contributed by atoms with Gasteiger partial charge in [0, 0.05) is 28.8 Å². The van der Waals surface area contributed by atoms with Crippen molar-refractivity contribution in [2.45, 2.75) is 18.2 Å². The molecule has 0 amide bonds. The minimum absolute atomic E-state index is 0.0241. The molecule has 6 aromatic rings. The number of hydrogen-bond acceptors (Lipinski definition) is 5. The smallest absolute Gasteiger partial charge is 0.159 e. The van der Waals surface area contributed by atoms with Crippen molar-refractivity contribution < 1.29 is 4.74 Å². The van der Waals surface area contributed by atoms with Gasteiger partial charge in [-0.25, -0.2) is 9.98 Å². The number of amidine groups is 2. The summed E-state index contributed by atoms with van der Waals surface area (Å²) in [4.78, 5) is 14.9. The lowest BCUT2D eigenvalue weighted by molar-refractivity contribution is 0.288. The Morgan fingerprint density at radius 1 is 0.644 bits per heavy atom. The van der Waals surface area contributed by atoms with Crippen LogP contribution in [0.1, 0.15) is 34.3 Å². The molecule has 5 heteroatoms. The van der Waals surface area contributed by atoms with Gasteiger partial charge in [0.15, 0.2) is 5.84 Å². The van der Waals surface area contributed by atoms with Crippen LogP contribution in [0.3, 0.4) is 0 Å². The predicted molar refractivity (Wildman–Crippen MR) is 181 cm³/mol. The topological polar surface area (TPSA) is 58.9 Å². The van der Waals surface area contributed by atoms with Gasteiger partial charge in [-0.3, -0.25) is 4.98 Å². The lowest BCUT2D eigenvalue weighted by atomic mass is 9.86. The Morgan fingerprint density at radius 3 is 2.31 bits per heavy atom. The van der Waals surface area contributed by atoms with E-state index in [0.717, 1.165) is 55.5 Å². The fraction of sp³-hybridized carbons (Fsp3) is 0.0750. The molecule has 3 aliphatic rings. The van der Waals surface area contributed by atoms with Crippen molar-refractivity contribution in [2.24, 2.45) is 9.98 Å². The van der Waals surface area contributed by atoms with E-state index in [1.807, 2.05) is 36.5 Å². The highest BCUT2D eigenvalue weighted by Crippen LogP contribution is 2.45. The summed E-state index contributed by atoms with van der Waals surface area (Å²) in [5, 5.41) is 8.20. The number of pyridine rings is 1. The Hall–Kier alpha value is -5.81. The first-order chi connectivity index (χ1) is 22.3. The van der Waals surface area contributed by atoms with Crippen molar-refractivity contribution in [3.8, 4) is 16.9 Å². The Kier molecular flexibility index (Phi) is 5.94. The molecule has 0 fully saturated rings. The van der Waals surface area contributed by atoms with Crippen LogP contribution < -0.4 is 20.6 Å². The maximum absolute atomic E-state index is 6.73. The van der Waals surface area contributed by atoms with E-state index in [9.17, 15) is 0 Å². The SMILES string of the molecule is C1=c2cccnc2=CC2Oc3cc(-c4ccc5ccccc5c4)cc(C4=NC(c5ccccc5)=NC(c5ccccc5)N4)c3C12. The van der Waals surface area contributed by atoms with Gasteiger partial charge in [0.25, 0.3) is 0 Å². The van der Waals surface area contributed by atoms with Crippen LogP contribution in [0.15, 0.2) is 144 Å². The molecule has 214 valence electrons. The molecule has 3 atom stereocenters. The summed E-state index contributed by atoms with van der Waals surface area (Å²) in [6, 6.07) is 44.2. The summed E-state index contributed by atoms with van der Waals surface area (Å²) >= 11 is 0. The number of nitrogens with one attached hydrogen (secondary N) is 1. The first-order valence-electron chi connectivity index (χ1n) is 15.3. The van der Waals surface area contributed by atoms with E-state index in [2.05, 4.69) is 120 Å². The number of hydrogen-bond donors (Lipinski definition) is 1. The third-order valence-electron chi connectivity index (χ3n) is 8.87. The van der Waals surface area contributed by atoms with Gasteiger partial charge in [-0.2, -0.15) is 0 Å². The minimum atomic E-state index is -0.293. The standard InChI is InChI=1S/C40H28N4O/c1-3-11-26(12-4-1)38-42-39(27-13-5-2-6-14-27)44-40(43-38)33-22-31(29-18-17-25-10-7-8-15-28(25)20-29)23-36-37(33)32-21-30-16-9-19-41-34(30)24-35(32)45-36/h1-24,32,35,38H,(H,42,43,44). The Balaban J connectivity index is 1.26. The molecule has 9 rings (SSSR count). The van der Waals surface area contributed by atoms with Gasteiger partial charge in [0.05, 0.1) is 5.35 Å². The zero-order valence-corrected chi connectivity index (χ0v) is 24.3. The second-order valence-corrected chi connectivity index (χ2v) is 11.7. The predicted octanol–water partition coefficient (Wildman–Crippen LogP) is 6.52. The van der Waals surface area contributed by atoms with Crippen molar-refractivity contribution in [1.82, 2.24) is 10.3 Å². The Morgan fingerprint density at radius 2 is 1.44 bits per heavy atom. The van der Waals surface area contributed by atoms with Gasteiger partial charge >= 0.3 is 0 Å². The number of benzene rings is 5. The zero-order valence-electron chi connectivity index (χ0n) is 24.3. The molecule has 1 aliphatic carbocycles. The van der Waals surface area contributed by atoms with E-state index < -0.39 is 0 Å². The Bertz CT molecular complexity index is 2290. The van der Waals surface area contributed by atoms with E-state index in [1.165, 1.54) is 10.8 Å². The molecule has 0 spiro atoms. The molecule has 1 aromatic heterocycles. The number of aliphatic imine (C=N–C) groups is 2. The fourth-order valence-electron chi connectivity index (χ4n) is 6.67. The second kappa shape index (κ2) is 10.4. The lowest BCUT2D eigenvalue weighted by Crippen LogP contribution is -2.37. The second-order valence-electron chi connectivity index (χ2n) is 11.7. The number of rotatable bonds is 4. The zero-order chi connectivity index (χ0) is 29.7. The molecule has 0 radical (unpaired) electrons. The molecular weight excluding hydrogens is 552 g/mol. The van der Waals surface area contributed by atoms with Crippen molar-refractivity contribution in [3.63, 3.8) is 0 Å². The van der Waals surface area contributed by atoms with E-state index in [-0.39, 0.29) is 18.2 Å². The monoisotopic (exact) mass is 580 g/mol. The van der Waals surface area contributed by atoms with Crippen LogP contribution in [0.2, 0.25) is 0 Å². The molecule has 2 aliphatic heterocycles. The first-order valence-corrected chi connectivity index (χ1v) is 15.3. The van der Waals surface area contributed by atoms with Crippen LogP contribution in [-0.2, 0) is 0 Å². The summed E-state index contributed by atoms with van der Waals surface area (Å²) in [5.41, 5.74) is 6.40. The van der Waals surface area contributed by atoms with Crippen molar-refractivity contribution in [1.29, 1.82) is 0 Å². The number of aromatic nitrogens is 1. The van der Waals surface area contributed by atoms with E-state index in [0.29, 0.717) is 5.84 Å². The van der Waals surface area contributed by atoms with Crippen molar-refractivity contribution in [2.75, 3.05) is 0 Å². The van der Waals surface area contributed by atoms with Gasteiger partial charge in [-0.1, -0.05) is 109 Å². The summed E-state index contributed by atoms with van der Waals surface area (Å²) in [6.07, 6.45) is 5.84. The molecule has 3 heterocycles. The van der Waals surface area contributed by atoms with Crippen LogP contribution in [0.4, 0.5) is 0 Å².